The van der Waals surface area contributed by atoms with Gasteiger partial charge < -0.3 is 18.3 Å². The monoisotopic (exact) mass is 954 g/mol. The van der Waals surface area contributed by atoms with Crippen LogP contribution < -0.4 is 0 Å². The van der Waals surface area contributed by atoms with Gasteiger partial charge in [0.05, 0.1) is 44.1 Å². The van der Waals surface area contributed by atoms with Crippen molar-refractivity contribution < 1.29 is 0 Å². The quantitative estimate of drug-likeness (QED) is 0.117. The van der Waals surface area contributed by atoms with Gasteiger partial charge in [0.2, 0.25) is 0 Å². The van der Waals surface area contributed by atoms with E-state index in [9.17, 15) is 0 Å². The fraction of sp³-hybridized carbons (Fsp3) is 0. The first kappa shape index (κ1) is 41.0. The van der Waals surface area contributed by atoms with E-state index in [4.69, 9.17) is 0 Å². The van der Waals surface area contributed by atoms with Gasteiger partial charge in [-0.05, 0) is 108 Å². The lowest BCUT2D eigenvalue weighted by atomic mass is 9.96. The summed E-state index contributed by atoms with van der Waals surface area (Å²) >= 11 is 0. The minimum absolute atomic E-state index is 1.13. The molecule has 4 heterocycles. The van der Waals surface area contributed by atoms with Crippen molar-refractivity contribution in [2.75, 3.05) is 0 Å². The van der Waals surface area contributed by atoms with Gasteiger partial charge in [-0.1, -0.05) is 185 Å². The van der Waals surface area contributed by atoms with Gasteiger partial charge in [0.25, 0.3) is 0 Å². The van der Waals surface area contributed by atoms with Crippen LogP contribution in [0.5, 0.6) is 0 Å². The molecule has 15 rings (SSSR count). The van der Waals surface area contributed by atoms with Crippen LogP contribution in [0.15, 0.2) is 267 Å². The van der Waals surface area contributed by atoms with E-state index in [0.717, 1.165) is 22.7 Å². The Hall–Kier alpha value is -8.78. The van der Waals surface area contributed by atoms with Crippen LogP contribution in [0.25, 0.3) is 120 Å². The molecule has 0 bridgehead atoms. The number of para-hydroxylation sites is 6. The fourth-order valence-electron chi connectivity index (χ4n) is 11.8. The largest absolute Gasteiger partial charge is 0.309 e. The average molecular weight is 955 g/mol. The molecular formula is C66H44N4P2. The van der Waals surface area contributed by atoms with Gasteiger partial charge in [0, 0.05) is 64.6 Å². The van der Waals surface area contributed by atoms with Gasteiger partial charge in [0.1, 0.15) is 0 Å². The van der Waals surface area contributed by atoms with Crippen molar-refractivity contribution >= 4 is 89.5 Å². The van der Waals surface area contributed by atoms with E-state index in [1.54, 1.807) is 0 Å². The highest BCUT2D eigenvalue weighted by Gasteiger charge is 2.31. The topological polar surface area (TPSA) is 19.7 Å². The van der Waals surface area contributed by atoms with Gasteiger partial charge in [-0.2, -0.15) is 0 Å². The lowest BCUT2D eigenvalue weighted by Gasteiger charge is -2.30. The summed E-state index contributed by atoms with van der Waals surface area (Å²) in [5.41, 5.74) is 19.3. The number of rotatable bonds is 6. The van der Waals surface area contributed by atoms with Crippen LogP contribution in [0.2, 0.25) is 0 Å². The zero-order valence-electron chi connectivity index (χ0n) is 39.1. The minimum atomic E-state index is -1.21. The molecule has 0 aliphatic carbocycles. The van der Waals surface area contributed by atoms with Crippen LogP contribution in [-0.2, 0) is 0 Å². The molecule has 72 heavy (non-hydrogen) atoms. The number of aromatic nitrogens is 4. The molecule has 0 N–H and O–H groups in total. The molecule has 2 unspecified atom stereocenters. The first-order valence-electron chi connectivity index (χ1n) is 24.6. The summed E-state index contributed by atoms with van der Waals surface area (Å²) in [7, 11) is -2.43. The number of hydrogen-bond acceptors (Lipinski definition) is 0. The molecule has 6 heteroatoms. The van der Waals surface area contributed by atoms with E-state index in [1.165, 1.54) is 97.1 Å². The Kier molecular flexibility index (Phi) is 9.35. The summed E-state index contributed by atoms with van der Waals surface area (Å²) in [6.45, 7) is 0. The molecule has 338 valence electrons. The molecule has 0 aliphatic rings. The highest BCUT2D eigenvalue weighted by atomic mass is 31.1. The van der Waals surface area contributed by atoms with Gasteiger partial charge in [-0.15, -0.1) is 0 Å². The predicted octanol–water partition coefficient (Wildman–Crippen LogP) is 19.1. The number of benzene rings is 11. The highest BCUT2D eigenvalue weighted by molar-refractivity contribution is 7.65. The normalized spacial score (nSPS) is 12.4. The summed E-state index contributed by atoms with van der Waals surface area (Å²) in [6, 6.07) is 99.5. The molecule has 0 saturated carbocycles. The van der Waals surface area contributed by atoms with Gasteiger partial charge in [0.15, 0.2) is 0 Å². The third-order valence-electron chi connectivity index (χ3n) is 14.6. The maximum atomic E-state index is 2.63. The van der Waals surface area contributed by atoms with Crippen molar-refractivity contribution in [1.29, 1.82) is 0 Å². The lowest BCUT2D eigenvalue weighted by molar-refractivity contribution is 1.14. The van der Waals surface area contributed by atoms with E-state index >= 15 is 0 Å². The van der Waals surface area contributed by atoms with Crippen molar-refractivity contribution in [3.63, 3.8) is 0 Å². The van der Waals surface area contributed by atoms with Crippen LogP contribution in [0.4, 0.5) is 0 Å². The van der Waals surface area contributed by atoms with E-state index in [2.05, 4.69) is 285 Å². The van der Waals surface area contributed by atoms with Gasteiger partial charge in [-0.25, -0.2) is 0 Å². The zero-order valence-corrected chi connectivity index (χ0v) is 40.9. The standard InChI is InChI=1S/C66H44N4P2/c1-7-25-45(26-8-1)59-61-65(71-57-43-21-19-37-51(57)67(47-29-11-3-12-30-47)53-39-23-41-55(63(53)71)69(61)49-33-15-5-16-34-49)60(46-27-9-2-10-28-46)66-62(59)70(50-35-17-6-18-36-50)56-42-24-40-54-64(56)72(66)58-44-22-20-38-52(58)68(54)48-31-13-4-14-32-48/h1-44H. The molecule has 0 spiro atoms. The maximum absolute atomic E-state index is 2.63. The van der Waals surface area contributed by atoms with E-state index in [0.29, 0.717) is 0 Å². The zero-order chi connectivity index (χ0) is 47.3. The Morgan fingerprint density at radius 3 is 0.861 bits per heavy atom. The predicted molar refractivity (Wildman–Crippen MR) is 309 cm³/mol. The molecule has 4 aromatic heterocycles. The molecule has 4 nitrogen and oxygen atoms in total. The number of fused-ring (bicyclic) bond motifs is 8. The second-order valence-electron chi connectivity index (χ2n) is 18.5. The molecule has 15 aromatic rings. The Morgan fingerprint density at radius 2 is 0.486 bits per heavy atom. The van der Waals surface area contributed by atoms with Crippen LogP contribution in [0.1, 0.15) is 0 Å². The second kappa shape index (κ2) is 16.4. The summed E-state index contributed by atoms with van der Waals surface area (Å²) in [5.74, 6) is 0. The van der Waals surface area contributed by atoms with E-state index in [-0.39, 0.29) is 0 Å². The Morgan fingerprint density at radius 1 is 0.208 bits per heavy atom. The van der Waals surface area contributed by atoms with Crippen molar-refractivity contribution in [2.24, 2.45) is 0 Å². The van der Waals surface area contributed by atoms with Crippen molar-refractivity contribution in [3.8, 4) is 45.0 Å². The van der Waals surface area contributed by atoms with Crippen LogP contribution in [0.3, 0.4) is 0 Å². The Bertz CT molecular complexity index is 4380. The van der Waals surface area contributed by atoms with E-state index in [1.807, 2.05) is 0 Å². The summed E-state index contributed by atoms with van der Waals surface area (Å²) in [5, 5.41) is 8.21. The summed E-state index contributed by atoms with van der Waals surface area (Å²) in [4.78, 5) is 0. The maximum Gasteiger partial charge on any atom is 0.0684 e. The summed E-state index contributed by atoms with van der Waals surface area (Å²) in [6.07, 6.45) is 0. The first-order chi connectivity index (χ1) is 35.8. The van der Waals surface area contributed by atoms with Crippen LogP contribution >= 0.6 is 14.7 Å². The third kappa shape index (κ3) is 5.95. The van der Waals surface area contributed by atoms with Crippen LogP contribution in [0, 0.1) is 0 Å². The van der Waals surface area contributed by atoms with Gasteiger partial charge in [-0.3, -0.25) is 0 Å². The van der Waals surface area contributed by atoms with Crippen LogP contribution in [-0.4, -0.2) is 18.3 Å². The summed E-state index contributed by atoms with van der Waals surface area (Å²) < 4.78 is 10.3. The third-order valence-corrected chi connectivity index (χ3v) is 19.9. The first-order valence-corrected chi connectivity index (χ1v) is 27.3. The SMILES string of the molecule is c1ccc(-c2c3c(c(-c4ccccc4)c4c2n(-c2ccccc2)c2cccc5c2p4c2ccccc2n5-c2ccccc2)p2c4ccccc4n(-c4ccccc4)c4cccc(c42)n3-c2ccccc2)cc1. The molecule has 0 amide bonds. The van der Waals surface area contributed by atoms with Crippen molar-refractivity contribution in [3.05, 3.63) is 267 Å². The molecule has 0 radical (unpaired) electrons. The van der Waals surface area contributed by atoms with E-state index < -0.39 is 14.7 Å². The molecule has 0 fully saturated rings. The second-order valence-corrected chi connectivity index (χ2v) is 22.6. The smallest absolute Gasteiger partial charge is 0.0684 e. The van der Waals surface area contributed by atoms with Gasteiger partial charge >= 0.3 is 0 Å². The number of hydrogen-bond donors (Lipinski definition) is 0. The van der Waals surface area contributed by atoms with Crippen molar-refractivity contribution in [1.82, 2.24) is 18.3 Å². The molecule has 0 aliphatic heterocycles. The van der Waals surface area contributed by atoms with Crippen molar-refractivity contribution in [2.45, 2.75) is 0 Å². The number of nitrogens with zero attached hydrogens (tertiary/aromatic N) is 4. The Labute approximate surface area is 417 Å². The fourth-order valence-corrected chi connectivity index (χ4v) is 18.0. The highest BCUT2D eigenvalue weighted by Crippen LogP contribution is 2.62. The minimum Gasteiger partial charge on any atom is -0.309 e. The lowest BCUT2D eigenvalue weighted by Crippen LogP contribution is -2.09. The molecular weight excluding hydrogens is 911 g/mol. The molecule has 2 atom stereocenters. The Balaban J connectivity index is 1.37. The molecule has 11 aromatic carbocycles. The average Bonchev–Trinajstić information content (AvgIpc) is 3.46. The molecule has 0 saturated heterocycles.